The fourth-order valence-electron chi connectivity index (χ4n) is 1.76. The molecule has 0 unspecified atom stereocenters. The lowest BCUT2D eigenvalue weighted by Crippen LogP contribution is -2.39. The van der Waals surface area contributed by atoms with E-state index in [1.54, 1.807) is 6.26 Å². The van der Waals surface area contributed by atoms with Gasteiger partial charge in [0, 0.05) is 6.04 Å². The van der Waals surface area contributed by atoms with Crippen LogP contribution in [0.5, 0.6) is 0 Å². The SMILES string of the molecule is CC1CC(NCc2occc2Br)C1. The van der Waals surface area contributed by atoms with E-state index in [1.165, 1.54) is 12.8 Å². The molecule has 3 heteroatoms. The molecule has 1 aromatic heterocycles. The minimum absolute atomic E-state index is 0.701. The zero-order chi connectivity index (χ0) is 9.26. The standard InChI is InChI=1S/C10H14BrNO/c1-7-4-8(5-7)12-6-10-9(11)2-3-13-10/h2-3,7-8,12H,4-6H2,1H3. The summed E-state index contributed by atoms with van der Waals surface area (Å²) in [6.07, 6.45) is 4.32. The summed E-state index contributed by atoms with van der Waals surface area (Å²) >= 11 is 3.43. The van der Waals surface area contributed by atoms with Crippen molar-refractivity contribution < 1.29 is 4.42 Å². The highest BCUT2D eigenvalue weighted by Gasteiger charge is 2.24. The van der Waals surface area contributed by atoms with Crippen molar-refractivity contribution in [1.29, 1.82) is 0 Å². The van der Waals surface area contributed by atoms with Gasteiger partial charge in [-0.3, -0.25) is 0 Å². The molecule has 13 heavy (non-hydrogen) atoms. The smallest absolute Gasteiger partial charge is 0.131 e. The van der Waals surface area contributed by atoms with Crippen molar-refractivity contribution in [2.45, 2.75) is 32.4 Å². The summed E-state index contributed by atoms with van der Waals surface area (Å²) in [7, 11) is 0. The van der Waals surface area contributed by atoms with E-state index in [2.05, 4.69) is 28.2 Å². The van der Waals surface area contributed by atoms with Crippen LogP contribution >= 0.6 is 15.9 Å². The largest absolute Gasteiger partial charge is 0.467 e. The number of nitrogens with one attached hydrogen (secondary N) is 1. The molecule has 1 aliphatic rings. The highest BCUT2D eigenvalue weighted by atomic mass is 79.9. The van der Waals surface area contributed by atoms with Crippen LogP contribution in [0.25, 0.3) is 0 Å². The molecule has 0 spiro atoms. The lowest BCUT2D eigenvalue weighted by atomic mass is 9.82. The van der Waals surface area contributed by atoms with E-state index in [0.29, 0.717) is 6.04 Å². The van der Waals surface area contributed by atoms with Crippen LogP contribution in [0.1, 0.15) is 25.5 Å². The Morgan fingerprint density at radius 1 is 1.62 bits per heavy atom. The minimum atomic E-state index is 0.701. The van der Waals surface area contributed by atoms with Crippen LogP contribution in [-0.4, -0.2) is 6.04 Å². The summed E-state index contributed by atoms with van der Waals surface area (Å²) in [5, 5.41) is 3.47. The number of hydrogen-bond donors (Lipinski definition) is 1. The minimum Gasteiger partial charge on any atom is -0.467 e. The Balaban J connectivity index is 1.77. The molecule has 1 aliphatic carbocycles. The highest BCUT2D eigenvalue weighted by Crippen LogP contribution is 2.27. The molecule has 0 atom stereocenters. The second kappa shape index (κ2) is 3.84. The van der Waals surface area contributed by atoms with Crippen molar-refractivity contribution >= 4 is 15.9 Å². The van der Waals surface area contributed by atoms with Crippen LogP contribution in [0, 0.1) is 5.92 Å². The maximum atomic E-state index is 5.30. The van der Waals surface area contributed by atoms with Crippen LogP contribution in [0.4, 0.5) is 0 Å². The van der Waals surface area contributed by atoms with E-state index in [1.807, 2.05) is 6.07 Å². The van der Waals surface area contributed by atoms with Crippen LogP contribution in [-0.2, 0) is 6.54 Å². The molecule has 0 aromatic carbocycles. The second-order valence-corrected chi connectivity index (χ2v) is 4.70. The van der Waals surface area contributed by atoms with Gasteiger partial charge in [-0.1, -0.05) is 6.92 Å². The molecule has 0 amide bonds. The predicted molar refractivity (Wildman–Crippen MR) is 55.4 cm³/mol. The molecule has 1 fully saturated rings. The third kappa shape index (κ3) is 2.15. The van der Waals surface area contributed by atoms with Crippen molar-refractivity contribution in [1.82, 2.24) is 5.32 Å². The summed E-state index contributed by atoms with van der Waals surface area (Å²) in [5.41, 5.74) is 0. The van der Waals surface area contributed by atoms with Gasteiger partial charge in [0.2, 0.25) is 0 Å². The molecule has 0 radical (unpaired) electrons. The third-order valence-electron chi connectivity index (χ3n) is 2.62. The highest BCUT2D eigenvalue weighted by molar-refractivity contribution is 9.10. The van der Waals surface area contributed by atoms with Gasteiger partial charge < -0.3 is 9.73 Å². The van der Waals surface area contributed by atoms with Gasteiger partial charge in [-0.05, 0) is 40.8 Å². The average Bonchev–Trinajstić information content (AvgIpc) is 2.43. The molecule has 0 aliphatic heterocycles. The Kier molecular flexibility index (Phi) is 2.74. The van der Waals surface area contributed by atoms with Crippen LogP contribution in [0.2, 0.25) is 0 Å². The molecular weight excluding hydrogens is 230 g/mol. The number of furan rings is 1. The molecule has 0 saturated heterocycles. The third-order valence-corrected chi connectivity index (χ3v) is 3.32. The fraction of sp³-hybridized carbons (Fsp3) is 0.600. The van der Waals surface area contributed by atoms with Gasteiger partial charge in [0.1, 0.15) is 5.76 Å². The van der Waals surface area contributed by atoms with Gasteiger partial charge in [0.15, 0.2) is 0 Å². The second-order valence-electron chi connectivity index (χ2n) is 3.85. The van der Waals surface area contributed by atoms with Gasteiger partial charge in [0.25, 0.3) is 0 Å². The van der Waals surface area contributed by atoms with Gasteiger partial charge >= 0.3 is 0 Å². The summed E-state index contributed by atoms with van der Waals surface area (Å²) in [6.45, 7) is 3.13. The fourth-order valence-corrected chi connectivity index (χ4v) is 2.10. The van der Waals surface area contributed by atoms with E-state index in [4.69, 9.17) is 4.42 Å². The zero-order valence-corrected chi connectivity index (χ0v) is 9.30. The lowest BCUT2D eigenvalue weighted by molar-refractivity contribution is 0.235. The van der Waals surface area contributed by atoms with Crippen molar-refractivity contribution in [2.24, 2.45) is 5.92 Å². The van der Waals surface area contributed by atoms with Crippen molar-refractivity contribution in [3.8, 4) is 0 Å². The maximum Gasteiger partial charge on any atom is 0.131 e. The maximum absolute atomic E-state index is 5.30. The molecule has 0 bridgehead atoms. The number of halogens is 1. The summed E-state index contributed by atoms with van der Waals surface area (Å²) in [5.74, 6) is 1.90. The molecule has 1 aromatic rings. The van der Waals surface area contributed by atoms with E-state index < -0.39 is 0 Å². The van der Waals surface area contributed by atoms with Crippen LogP contribution < -0.4 is 5.32 Å². The van der Waals surface area contributed by atoms with E-state index in [9.17, 15) is 0 Å². The summed E-state index contributed by atoms with van der Waals surface area (Å²) in [6, 6.07) is 2.63. The quantitative estimate of drug-likeness (QED) is 0.884. The number of rotatable bonds is 3. The van der Waals surface area contributed by atoms with E-state index >= 15 is 0 Å². The van der Waals surface area contributed by atoms with Crippen molar-refractivity contribution in [3.05, 3.63) is 22.6 Å². The molecule has 2 nitrogen and oxygen atoms in total. The molecule has 1 N–H and O–H groups in total. The average molecular weight is 244 g/mol. The van der Waals surface area contributed by atoms with Crippen molar-refractivity contribution in [3.63, 3.8) is 0 Å². The molecule has 1 saturated carbocycles. The Bertz CT molecular complexity index is 278. The Hall–Kier alpha value is -0.280. The van der Waals surface area contributed by atoms with Gasteiger partial charge in [-0.2, -0.15) is 0 Å². The van der Waals surface area contributed by atoms with Crippen LogP contribution in [0.15, 0.2) is 21.2 Å². The molecule has 72 valence electrons. The normalized spacial score (nSPS) is 27.2. The zero-order valence-electron chi connectivity index (χ0n) is 7.72. The van der Waals surface area contributed by atoms with Gasteiger partial charge in [-0.25, -0.2) is 0 Å². The topological polar surface area (TPSA) is 25.2 Å². The van der Waals surface area contributed by atoms with Crippen molar-refractivity contribution in [2.75, 3.05) is 0 Å². The first-order chi connectivity index (χ1) is 6.25. The first-order valence-corrected chi connectivity index (χ1v) is 5.50. The molecule has 1 heterocycles. The summed E-state index contributed by atoms with van der Waals surface area (Å²) < 4.78 is 6.36. The first-order valence-electron chi connectivity index (χ1n) is 4.71. The predicted octanol–water partition coefficient (Wildman–Crippen LogP) is 2.93. The van der Waals surface area contributed by atoms with Crippen LogP contribution in [0.3, 0.4) is 0 Å². The monoisotopic (exact) mass is 243 g/mol. The summed E-state index contributed by atoms with van der Waals surface area (Å²) in [4.78, 5) is 0. The Labute approximate surface area is 86.8 Å². The van der Waals surface area contributed by atoms with E-state index in [0.717, 1.165) is 22.7 Å². The molecule has 2 rings (SSSR count). The van der Waals surface area contributed by atoms with Gasteiger partial charge in [0.05, 0.1) is 17.3 Å². The first kappa shape index (κ1) is 9.28. The van der Waals surface area contributed by atoms with Gasteiger partial charge in [-0.15, -0.1) is 0 Å². The Morgan fingerprint density at radius 3 is 2.92 bits per heavy atom. The van der Waals surface area contributed by atoms with E-state index in [-0.39, 0.29) is 0 Å². The number of hydrogen-bond acceptors (Lipinski definition) is 2. The Morgan fingerprint density at radius 2 is 2.38 bits per heavy atom. The molecular formula is C10H14BrNO. The lowest BCUT2D eigenvalue weighted by Gasteiger charge is -2.33.